The molecule has 1 aromatic carbocycles. The van der Waals surface area contributed by atoms with Crippen LogP contribution in [0.4, 0.5) is 0 Å². The highest BCUT2D eigenvalue weighted by molar-refractivity contribution is 5.94. The van der Waals surface area contributed by atoms with Gasteiger partial charge < -0.3 is 0 Å². The van der Waals surface area contributed by atoms with Crippen LogP contribution in [0.1, 0.15) is 28.9 Å². The van der Waals surface area contributed by atoms with E-state index < -0.39 is 6.04 Å². The van der Waals surface area contributed by atoms with Crippen LogP contribution in [0.2, 0.25) is 0 Å². The van der Waals surface area contributed by atoms with E-state index in [1.54, 1.807) is 12.1 Å². The number of amides is 1. The van der Waals surface area contributed by atoms with Gasteiger partial charge in [-0.1, -0.05) is 30.3 Å². The number of nitrogens with zero attached hydrogens (tertiary/aromatic N) is 1. The Hall–Kier alpha value is -2.53. The third-order valence-electron chi connectivity index (χ3n) is 2.81. The summed E-state index contributed by atoms with van der Waals surface area (Å²) in [6.45, 7) is 1.48. The van der Waals surface area contributed by atoms with E-state index >= 15 is 0 Å². The lowest BCUT2D eigenvalue weighted by Crippen LogP contribution is -2.42. The molecular weight excluding hydrogens is 254 g/mol. The Morgan fingerprint density at radius 3 is 2.30 bits per heavy atom. The van der Waals surface area contributed by atoms with Crippen LogP contribution in [0.25, 0.3) is 0 Å². The first kappa shape index (κ1) is 13.9. The van der Waals surface area contributed by atoms with E-state index in [1.807, 2.05) is 30.3 Å². The van der Waals surface area contributed by atoms with Crippen molar-refractivity contribution in [2.24, 2.45) is 0 Å². The molecule has 5 nitrogen and oxygen atoms in total. The number of carbonyl (C=O) groups is 2. The third kappa shape index (κ3) is 3.49. The lowest BCUT2D eigenvalue weighted by atomic mass is 10.0. The molecule has 102 valence electrons. The van der Waals surface area contributed by atoms with Crippen LogP contribution < -0.4 is 10.9 Å². The summed E-state index contributed by atoms with van der Waals surface area (Å²) in [7, 11) is 0. The smallest absolute Gasteiger partial charge is 0.265 e. The van der Waals surface area contributed by atoms with E-state index in [-0.39, 0.29) is 11.7 Å². The fraction of sp³-hybridized carbons (Fsp3) is 0.133. The molecule has 0 aliphatic heterocycles. The van der Waals surface area contributed by atoms with Gasteiger partial charge in [0.25, 0.3) is 5.91 Å². The van der Waals surface area contributed by atoms with Gasteiger partial charge in [-0.2, -0.15) is 0 Å². The molecule has 5 heteroatoms. The van der Waals surface area contributed by atoms with Crippen LogP contribution in [-0.4, -0.2) is 16.7 Å². The first-order valence-corrected chi connectivity index (χ1v) is 6.20. The fourth-order valence-electron chi connectivity index (χ4n) is 1.78. The maximum atomic E-state index is 11.9. The summed E-state index contributed by atoms with van der Waals surface area (Å²) >= 11 is 0. The number of pyridine rings is 1. The summed E-state index contributed by atoms with van der Waals surface area (Å²) in [6, 6.07) is 11.9. The first-order valence-electron chi connectivity index (χ1n) is 6.20. The number of Topliss-reactive ketones (excluding diaryl/α,β-unsaturated/α-hetero) is 1. The van der Waals surface area contributed by atoms with Gasteiger partial charge in [0.05, 0.1) is 0 Å². The molecule has 0 bridgehead atoms. The van der Waals surface area contributed by atoms with Gasteiger partial charge in [0, 0.05) is 18.0 Å². The number of hydrazine groups is 1. The lowest BCUT2D eigenvalue weighted by Gasteiger charge is -2.17. The second kappa shape index (κ2) is 6.58. The highest BCUT2D eigenvalue weighted by Crippen LogP contribution is 2.12. The zero-order valence-corrected chi connectivity index (χ0v) is 11.0. The van der Waals surface area contributed by atoms with Crippen LogP contribution in [0.5, 0.6) is 0 Å². The lowest BCUT2D eigenvalue weighted by molar-refractivity contribution is -0.119. The Morgan fingerprint density at radius 2 is 1.70 bits per heavy atom. The molecule has 1 heterocycles. The maximum Gasteiger partial charge on any atom is 0.265 e. The number of hydrogen-bond acceptors (Lipinski definition) is 4. The molecular formula is C15H15N3O2. The van der Waals surface area contributed by atoms with Crippen molar-refractivity contribution in [3.63, 3.8) is 0 Å². The molecule has 1 unspecified atom stereocenters. The van der Waals surface area contributed by atoms with Gasteiger partial charge >= 0.3 is 0 Å². The topological polar surface area (TPSA) is 71.1 Å². The molecule has 0 saturated heterocycles. The molecule has 1 atom stereocenters. The Kier molecular flexibility index (Phi) is 4.57. The molecule has 0 aliphatic carbocycles. The number of aromatic nitrogens is 1. The standard InChI is InChI=1S/C15H15N3O2/c1-11(19)14(12-5-3-2-4-6-12)17-18-15(20)13-7-9-16-10-8-13/h2-10,14,17H,1H3,(H,18,20). The van der Waals surface area contributed by atoms with Crippen molar-refractivity contribution in [3.8, 4) is 0 Å². The molecule has 2 rings (SSSR count). The van der Waals surface area contributed by atoms with Gasteiger partial charge in [0.2, 0.25) is 0 Å². The molecule has 1 amide bonds. The Bertz CT molecular complexity index is 585. The SMILES string of the molecule is CC(=O)C(NNC(=O)c1ccncc1)c1ccccc1. The van der Waals surface area contributed by atoms with Crippen molar-refractivity contribution >= 4 is 11.7 Å². The summed E-state index contributed by atoms with van der Waals surface area (Å²) < 4.78 is 0. The van der Waals surface area contributed by atoms with Gasteiger partial charge in [0.15, 0.2) is 5.78 Å². The Morgan fingerprint density at radius 1 is 1.05 bits per heavy atom. The molecule has 1 aromatic heterocycles. The van der Waals surface area contributed by atoms with Crippen molar-refractivity contribution in [1.29, 1.82) is 0 Å². The first-order chi connectivity index (χ1) is 9.68. The molecule has 20 heavy (non-hydrogen) atoms. The van der Waals surface area contributed by atoms with Crippen molar-refractivity contribution in [1.82, 2.24) is 15.8 Å². The average Bonchev–Trinajstić information content (AvgIpc) is 2.49. The minimum atomic E-state index is -0.568. The van der Waals surface area contributed by atoms with Gasteiger partial charge in [0.1, 0.15) is 6.04 Å². The minimum absolute atomic E-state index is 0.0776. The number of nitrogens with one attached hydrogen (secondary N) is 2. The highest BCUT2D eigenvalue weighted by atomic mass is 16.2. The molecule has 0 radical (unpaired) electrons. The van der Waals surface area contributed by atoms with Crippen molar-refractivity contribution < 1.29 is 9.59 Å². The van der Waals surface area contributed by atoms with Crippen molar-refractivity contribution in [2.75, 3.05) is 0 Å². The predicted octanol–water partition coefficient (Wildman–Crippen LogP) is 1.65. The number of benzene rings is 1. The van der Waals surface area contributed by atoms with Crippen molar-refractivity contribution in [2.45, 2.75) is 13.0 Å². The zero-order valence-electron chi connectivity index (χ0n) is 11.0. The summed E-state index contributed by atoms with van der Waals surface area (Å²) in [6.07, 6.45) is 3.07. The Labute approximate surface area is 117 Å². The van der Waals surface area contributed by atoms with E-state index in [0.29, 0.717) is 5.56 Å². The second-order valence-corrected chi connectivity index (χ2v) is 4.29. The predicted molar refractivity (Wildman–Crippen MR) is 74.7 cm³/mol. The summed E-state index contributed by atoms with van der Waals surface area (Å²) in [5.74, 6) is -0.388. The third-order valence-corrected chi connectivity index (χ3v) is 2.81. The van der Waals surface area contributed by atoms with Gasteiger partial charge in [-0.05, 0) is 24.6 Å². The second-order valence-electron chi connectivity index (χ2n) is 4.29. The summed E-state index contributed by atoms with van der Waals surface area (Å²) in [4.78, 5) is 27.4. The van der Waals surface area contributed by atoms with E-state index in [1.165, 1.54) is 19.3 Å². The van der Waals surface area contributed by atoms with E-state index in [4.69, 9.17) is 0 Å². The number of rotatable bonds is 5. The van der Waals surface area contributed by atoms with Gasteiger partial charge in [-0.3, -0.25) is 20.0 Å². The van der Waals surface area contributed by atoms with Gasteiger partial charge in [-0.15, -0.1) is 0 Å². The molecule has 2 N–H and O–H groups in total. The molecule has 0 fully saturated rings. The normalized spacial score (nSPS) is 11.7. The maximum absolute atomic E-state index is 11.9. The molecule has 0 aliphatic rings. The zero-order chi connectivity index (χ0) is 14.4. The fourth-order valence-corrected chi connectivity index (χ4v) is 1.78. The van der Waals surface area contributed by atoms with E-state index in [9.17, 15) is 9.59 Å². The van der Waals surface area contributed by atoms with Crippen LogP contribution >= 0.6 is 0 Å². The van der Waals surface area contributed by atoms with E-state index in [2.05, 4.69) is 15.8 Å². The van der Waals surface area contributed by atoms with Gasteiger partial charge in [-0.25, -0.2) is 5.43 Å². The van der Waals surface area contributed by atoms with Crippen molar-refractivity contribution in [3.05, 3.63) is 66.0 Å². The highest BCUT2D eigenvalue weighted by Gasteiger charge is 2.17. The largest absolute Gasteiger partial charge is 0.298 e. The Balaban J connectivity index is 2.04. The number of ketones is 1. The van der Waals surface area contributed by atoms with Crippen LogP contribution in [0, 0.1) is 0 Å². The monoisotopic (exact) mass is 269 g/mol. The minimum Gasteiger partial charge on any atom is -0.298 e. The molecule has 0 spiro atoms. The average molecular weight is 269 g/mol. The number of hydrogen-bond donors (Lipinski definition) is 2. The molecule has 0 saturated carbocycles. The number of carbonyl (C=O) groups excluding carboxylic acids is 2. The quantitative estimate of drug-likeness (QED) is 0.810. The van der Waals surface area contributed by atoms with E-state index in [0.717, 1.165) is 5.56 Å². The summed E-state index contributed by atoms with van der Waals surface area (Å²) in [5, 5.41) is 0. The summed E-state index contributed by atoms with van der Waals surface area (Å²) in [5.41, 5.74) is 6.58. The van der Waals surface area contributed by atoms with Crippen LogP contribution in [-0.2, 0) is 4.79 Å². The van der Waals surface area contributed by atoms with Crippen LogP contribution in [0.15, 0.2) is 54.9 Å². The molecule has 2 aromatic rings. The van der Waals surface area contributed by atoms with Crippen LogP contribution in [0.3, 0.4) is 0 Å².